The Labute approximate surface area is 116 Å². The highest BCUT2D eigenvalue weighted by Gasteiger charge is 2.07. The van der Waals surface area contributed by atoms with Crippen molar-refractivity contribution in [1.82, 2.24) is 9.55 Å². The number of aryl methyl sites for hydroxylation is 1. The fourth-order valence-electron chi connectivity index (χ4n) is 2.39. The zero-order chi connectivity index (χ0) is 14.1. The van der Waals surface area contributed by atoms with E-state index in [0.717, 1.165) is 16.6 Å². The maximum Gasteiger partial charge on any atom is 0.201 e. The third-order valence-corrected chi connectivity index (χ3v) is 3.63. The minimum Gasteiger partial charge on any atom is -0.409 e. The lowest BCUT2D eigenvalue weighted by Crippen LogP contribution is -2.13. The lowest BCUT2D eigenvalue weighted by Gasteiger charge is -2.14. The molecule has 0 radical (unpaired) electrons. The lowest BCUT2D eigenvalue weighted by molar-refractivity contribution is 0.299. The van der Waals surface area contributed by atoms with Gasteiger partial charge in [-0.2, -0.15) is 0 Å². The van der Waals surface area contributed by atoms with Gasteiger partial charge in [-0.25, -0.2) is 4.98 Å². The molecule has 0 aliphatic carbocycles. The Bertz CT molecular complexity index is 850. The van der Waals surface area contributed by atoms with Crippen LogP contribution >= 0.6 is 0 Å². The van der Waals surface area contributed by atoms with Crippen molar-refractivity contribution >= 4 is 10.9 Å². The minimum absolute atomic E-state index is 0.335. The largest absolute Gasteiger partial charge is 0.409 e. The Morgan fingerprint density at radius 2 is 1.85 bits per heavy atom. The number of hydrogen-bond acceptors (Lipinski definition) is 3. The molecule has 0 bridgehead atoms. The van der Waals surface area contributed by atoms with Gasteiger partial charge in [0.1, 0.15) is 6.33 Å². The zero-order valence-electron chi connectivity index (χ0n) is 11.4. The molecule has 3 aromatic rings. The van der Waals surface area contributed by atoms with Gasteiger partial charge in [-0.05, 0) is 43.2 Å². The Morgan fingerprint density at radius 3 is 2.65 bits per heavy atom. The molecule has 0 fully saturated rings. The van der Waals surface area contributed by atoms with Gasteiger partial charge in [0, 0.05) is 5.39 Å². The Morgan fingerprint density at radius 1 is 1.05 bits per heavy atom. The topological polar surface area (TPSA) is 50.4 Å². The van der Waals surface area contributed by atoms with Crippen LogP contribution in [0.4, 0.5) is 0 Å². The molecule has 0 unspecified atom stereocenters. The summed E-state index contributed by atoms with van der Waals surface area (Å²) in [5.41, 5.74) is 4.82. The molecule has 0 spiro atoms. The third-order valence-electron chi connectivity index (χ3n) is 3.63. The monoisotopic (exact) mass is 265 g/mol. The van der Waals surface area contributed by atoms with Gasteiger partial charge in [0.05, 0.1) is 11.2 Å². The van der Waals surface area contributed by atoms with Gasteiger partial charge in [-0.1, -0.05) is 29.4 Å². The quantitative estimate of drug-likeness (QED) is 0.543. The second-order valence-corrected chi connectivity index (χ2v) is 4.77. The molecular formula is C16H15N3O. The summed E-state index contributed by atoms with van der Waals surface area (Å²) in [5, 5.41) is 13.1. The first kappa shape index (κ1) is 12.4. The van der Waals surface area contributed by atoms with Crippen LogP contribution in [0.2, 0.25) is 0 Å². The zero-order valence-corrected chi connectivity index (χ0v) is 11.4. The molecule has 1 N–H and O–H groups in total. The van der Waals surface area contributed by atoms with E-state index in [9.17, 15) is 0 Å². The number of nitrogens with zero attached hydrogens (tertiary/aromatic N) is 3. The van der Waals surface area contributed by atoms with E-state index >= 15 is 0 Å². The summed E-state index contributed by atoms with van der Waals surface area (Å²) >= 11 is 0. The molecule has 0 amide bonds. The molecule has 20 heavy (non-hydrogen) atoms. The predicted molar refractivity (Wildman–Crippen MR) is 77.9 cm³/mol. The number of hydrogen-bond donors (Lipinski definition) is 1. The first-order chi connectivity index (χ1) is 9.72. The summed E-state index contributed by atoms with van der Waals surface area (Å²) in [6.45, 7) is 4.18. The maximum absolute atomic E-state index is 9.05. The number of benzene rings is 2. The number of aromatic nitrogens is 2. The molecule has 100 valence electrons. The maximum atomic E-state index is 9.05. The van der Waals surface area contributed by atoms with Crippen molar-refractivity contribution in [1.29, 1.82) is 0 Å². The first-order valence-electron chi connectivity index (χ1n) is 6.43. The summed E-state index contributed by atoms with van der Waals surface area (Å²) in [7, 11) is 0. The smallest absolute Gasteiger partial charge is 0.201 e. The van der Waals surface area contributed by atoms with Crippen LogP contribution in [-0.4, -0.2) is 14.8 Å². The molecule has 1 heterocycles. The molecule has 1 aromatic heterocycles. The summed E-state index contributed by atoms with van der Waals surface area (Å²) in [4.78, 5) is 4.22. The van der Waals surface area contributed by atoms with Crippen LogP contribution in [-0.2, 0) is 0 Å². The van der Waals surface area contributed by atoms with Gasteiger partial charge in [0.25, 0.3) is 0 Å². The average molecular weight is 265 g/mol. The molecule has 0 aliphatic heterocycles. The Hall–Kier alpha value is -2.62. The van der Waals surface area contributed by atoms with E-state index in [0.29, 0.717) is 5.49 Å². The van der Waals surface area contributed by atoms with Crippen LogP contribution in [0.3, 0.4) is 0 Å². The molecule has 0 atom stereocenters. The van der Waals surface area contributed by atoms with Crippen LogP contribution in [0, 0.1) is 13.8 Å². The van der Waals surface area contributed by atoms with Gasteiger partial charge in [0.15, 0.2) is 0 Å². The van der Waals surface area contributed by atoms with Crippen LogP contribution in [0.25, 0.3) is 16.6 Å². The van der Waals surface area contributed by atoms with Gasteiger partial charge < -0.3 is 5.21 Å². The minimum atomic E-state index is 0.335. The van der Waals surface area contributed by atoms with Crippen LogP contribution in [0.5, 0.6) is 0 Å². The van der Waals surface area contributed by atoms with Crippen LogP contribution in [0.15, 0.2) is 53.9 Å². The number of fused-ring (bicyclic) bond motifs is 1. The van der Waals surface area contributed by atoms with Crippen molar-refractivity contribution in [3.05, 3.63) is 65.4 Å². The molecule has 4 heteroatoms. The molecular weight excluding hydrogens is 250 g/mol. The Balaban J connectivity index is 2.42. The average Bonchev–Trinajstić information content (AvgIpc) is 2.49. The highest BCUT2D eigenvalue weighted by Crippen LogP contribution is 2.20. The standard InChI is InChI=1S/C16H15N3O/c1-11-6-5-9-14(12(11)2)19-10-17-16(18-20)13-7-3-4-8-15(13)19/h3-10,20H,1-2H3/b18-16+. The van der Waals surface area contributed by atoms with E-state index in [4.69, 9.17) is 5.21 Å². The van der Waals surface area contributed by atoms with Gasteiger partial charge in [-0.15, -0.1) is 0 Å². The summed E-state index contributed by atoms with van der Waals surface area (Å²) in [6, 6.07) is 14.0. The molecule has 3 rings (SSSR count). The Kier molecular flexibility index (Phi) is 2.99. The number of rotatable bonds is 1. The van der Waals surface area contributed by atoms with Gasteiger partial charge in [0.2, 0.25) is 5.49 Å². The predicted octanol–water partition coefficient (Wildman–Crippen LogP) is 2.93. The normalized spacial score (nSPS) is 12.0. The fraction of sp³-hybridized carbons (Fsp3) is 0.125. The fourth-order valence-corrected chi connectivity index (χ4v) is 2.39. The van der Waals surface area contributed by atoms with Crippen LogP contribution in [0.1, 0.15) is 11.1 Å². The molecule has 2 aromatic carbocycles. The molecule has 4 nitrogen and oxygen atoms in total. The highest BCUT2D eigenvalue weighted by atomic mass is 16.4. The first-order valence-corrected chi connectivity index (χ1v) is 6.43. The SMILES string of the molecule is Cc1cccc(-n2cn/c(=N/O)c3ccccc32)c1C. The molecule has 0 saturated heterocycles. The molecule has 0 saturated carbocycles. The van der Waals surface area contributed by atoms with E-state index < -0.39 is 0 Å². The van der Waals surface area contributed by atoms with E-state index in [1.165, 1.54) is 11.1 Å². The van der Waals surface area contributed by atoms with Gasteiger partial charge >= 0.3 is 0 Å². The third kappa shape index (κ3) is 1.86. The summed E-state index contributed by atoms with van der Waals surface area (Å²) < 4.78 is 2.02. The number of para-hydroxylation sites is 1. The highest BCUT2D eigenvalue weighted by molar-refractivity contribution is 5.79. The van der Waals surface area contributed by atoms with Crippen molar-refractivity contribution in [2.45, 2.75) is 13.8 Å². The second-order valence-electron chi connectivity index (χ2n) is 4.77. The van der Waals surface area contributed by atoms with E-state index in [2.05, 4.69) is 36.1 Å². The lowest BCUT2D eigenvalue weighted by atomic mass is 10.1. The van der Waals surface area contributed by atoms with Crippen LogP contribution < -0.4 is 5.49 Å². The molecule has 0 aliphatic rings. The van der Waals surface area contributed by atoms with E-state index in [-0.39, 0.29) is 0 Å². The van der Waals surface area contributed by atoms with E-state index in [1.54, 1.807) is 6.33 Å². The van der Waals surface area contributed by atoms with Crippen molar-refractivity contribution in [2.24, 2.45) is 5.16 Å². The second kappa shape index (κ2) is 4.81. The summed E-state index contributed by atoms with van der Waals surface area (Å²) in [6.07, 6.45) is 1.69. The summed E-state index contributed by atoms with van der Waals surface area (Å²) in [5.74, 6) is 0. The van der Waals surface area contributed by atoms with Crippen molar-refractivity contribution in [2.75, 3.05) is 0 Å². The van der Waals surface area contributed by atoms with E-state index in [1.807, 2.05) is 34.9 Å². The van der Waals surface area contributed by atoms with Crippen molar-refractivity contribution in [3.63, 3.8) is 0 Å². The van der Waals surface area contributed by atoms with Gasteiger partial charge in [-0.3, -0.25) is 4.57 Å². The van der Waals surface area contributed by atoms with Crippen molar-refractivity contribution in [3.8, 4) is 5.69 Å². The van der Waals surface area contributed by atoms with Crippen molar-refractivity contribution < 1.29 is 5.21 Å².